The molecule has 4 aliphatic rings. The number of nitrogens with zero attached hydrogens (tertiary/aromatic N) is 3. The summed E-state index contributed by atoms with van der Waals surface area (Å²) in [6.07, 6.45) is 8.66. The van der Waals surface area contributed by atoms with Crippen LogP contribution >= 0.6 is 11.6 Å². The van der Waals surface area contributed by atoms with Crippen molar-refractivity contribution in [1.82, 2.24) is 20.1 Å². The molecule has 0 saturated heterocycles. The van der Waals surface area contributed by atoms with Crippen LogP contribution in [0.15, 0.2) is 54.2 Å². The Morgan fingerprint density at radius 3 is 2.74 bits per heavy atom. The molecule has 2 aliphatic carbocycles. The van der Waals surface area contributed by atoms with Gasteiger partial charge in [-0.15, -0.1) is 0 Å². The smallest absolute Gasteiger partial charge is 0.264 e. The van der Waals surface area contributed by atoms with Gasteiger partial charge in [0.1, 0.15) is 17.5 Å². The number of carbonyl (C=O) groups is 1. The van der Waals surface area contributed by atoms with Crippen LogP contribution in [0.5, 0.6) is 5.75 Å². The largest absolute Gasteiger partial charge is 0.490 e. The van der Waals surface area contributed by atoms with Gasteiger partial charge in [0.25, 0.3) is 5.91 Å². The van der Waals surface area contributed by atoms with E-state index in [4.69, 9.17) is 16.3 Å². The fourth-order valence-corrected chi connectivity index (χ4v) is 9.42. The SMILES string of the molecule is C[C@@H]1[C@@H](C)C/C=C(\C(O)c2cn[nH]n2)C[C@@H]2CC[C@H]2CN2C[C@@]3(CCCc4cc(Cl)ccc43)COc3ccc(cc32)C(=O)NS1(=O)=O. The van der Waals surface area contributed by atoms with Gasteiger partial charge in [-0.1, -0.05) is 30.7 Å². The molecule has 0 radical (unpaired) electrons. The number of aliphatic hydroxyl groups is 1. The van der Waals surface area contributed by atoms with Crippen LogP contribution in [0.2, 0.25) is 5.02 Å². The second kappa shape index (κ2) is 12.6. The molecule has 1 unspecified atom stereocenters. The number of H-pyrrole nitrogens is 1. The molecule has 2 bridgehead atoms. The number of aromatic nitrogens is 3. The Morgan fingerprint density at radius 2 is 1.98 bits per heavy atom. The van der Waals surface area contributed by atoms with E-state index in [1.807, 2.05) is 19.1 Å². The number of allylic oxidation sites excluding steroid dienone is 1. The quantitative estimate of drug-likeness (QED) is 0.302. The van der Waals surface area contributed by atoms with E-state index < -0.39 is 27.3 Å². The predicted octanol–water partition coefficient (Wildman–Crippen LogP) is 5.50. The maximum absolute atomic E-state index is 13.5. The number of anilines is 1. The number of hydrogen-bond donors (Lipinski definition) is 3. The molecular formula is C35H42ClN5O5S. The van der Waals surface area contributed by atoms with Gasteiger partial charge >= 0.3 is 0 Å². The van der Waals surface area contributed by atoms with E-state index in [9.17, 15) is 18.3 Å². The van der Waals surface area contributed by atoms with Crippen LogP contribution < -0.4 is 14.4 Å². The lowest BCUT2D eigenvalue weighted by Gasteiger charge is -2.45. The number of halogens is 1. The van der Waals surface area contributed by atoms with E-state index in [2.05, 4.69) is 37.2 Å². The first-order valence-electron chi connectivity index (χ1n) is 16.6. The summed E-state index contributed by atoms with van der Waals surface area (Å²) < 4.78 is 35.8. The summed E-state index contributed by atoms with van der Waals surface area (Å²) in [6, 6.07) is 11.4. The summed E-state index contributed by atoms with van der Waals surface area (Å²) in [4.78, 5) is 15.9. The molecule has 2 aromatic carbocycles. The highest BCUT2D eigenvalue weighted by atomic mass is 35.5. The molecule has 250 valence electrons. The van der Waals surface area contributed by atoms with E-state index >= 15 is 0 Å². The second-order valence-electron chi connectivity index (χ2n) is 14.1. The molecule has 1 spiro atoms. The minimum absolute atomic E-state index is 0.275. The number of sulfonamides is 1. The zero-order valence-electron chi connectivity index (χ0n) is 26.8. The summed E-state index contributed by atoms with van der Waals surface area (Å²) in [5.74, 6) is 0.379. The fraction of sp³-hybridized carbons (Fsp3) is 0.514. The van der Waals surface area contributed by atoms with E-state index in [1.54, 1.807) is 25.1 Å². The molecule has 10 nitrogen and oxygen atoms in total. The third kappa shape index (κ3) is 6.18. The van der Waals surface area contributed by atoms with Crippen LogP contribution in [-0.4, -0.2) is 59.8 Å². The van der Waals surface area contributed by atoms with Gasteiger partial charge in [-0.25, -0.2) is 13.1 Å². The Kier molecular flexibility index (Phi) is 8.59. The van der Waals surface area contributed by atoms with Crippen LogP contribution in [0.1, 0.15) is 85.7 Å². The molecule has 3 heterocycles. The minimum Gasteiger partial charge on any atom is -0.490 e. The molecule has 1 saturated carbocycles. The standard InChI is InChI=1S/C35H42ClN5O5S/c1-21-5-6-25(33(42)30-17-37-40-38-30)14-23-7-8-27(23)18-41-19-35(13-3-4-24-15-28(36)10-11-29(24)35)20-46-32-12-9-26(16-31(32)41)34(43)39-47(44,45)22(21)2/h6,9-12,15-17,21-23,27,33,42H,3-5,7-8,13-14,18-20H2,1-2H3,(H,39,43)(H,37,38,40)/b25-6-/t21-,22+,23-,27-,33?,35-/m0/s1. The molecule has 47 heavy (non-hydrogen) atoms. The Hall–Kier alpha value is -3.41. The molecule has 7 rings (SSSR count). The number of aliphatic hydroxyl groups excluding tert-OH is 1. The Bertz CT molecular complexity index is 1800. The van der Waals surface area contributed by atoms with Crippen LogP contribution in [0.4, 0.5) is 5.69 Å². The van der Waals surface area contributed by atoms with Crippen LogP contribution in [0, 0.1) is 17.8 Å². The van der Waals surface area contributed by atoms with E-state index in [0.29, 0.717) is 49.3 Å². The Morgan fingerprint density at radius 1 is 1.15 bits per heavy atom. The number of rotatable bonds is 2. The summed E-state index contributed by atoms with van der Waals surface area (Å²) in [6.45, 7) is 5.40. The van der Waals surface area contributed by atoms with Gasteiger partial charge < -0.3 is 14.7 Å². The molecule has 1 aromatic heterocycles. The number of ether oxygens (including phenoxy) is 1. The van der Waals surface area contributed by atoms with Crippen molar-refractivity contribution in [3.63, 3.8) is 0 Å². The number of amides is 1. The molecular weight excluding hydrogens is 638 g/mol. The molecule has 1 amide bonds. The summed E-state index contributed by atoms with van der Waals surface area (Å²) in [5, 5.41) is 21.9. The summed E-state index contributed by atoms with van der Waals surface area (Å²) in [7, 11) is -4.00. The van der Waals surface area contributed by atoms with Gasteiger partial charge in [-0.2, -0.15) is 15.4 Å². The first-order chi connectivity index (χ1) is 22.5. The maximum atomic E-state index is 13.5. The summed E-state index contributed by atoms with van der Waals surface area (Å²) >= 11 is 6.43. The van der Waals surface area contributed by atoms with Crippen molar-refractivity contribution in [3.05, 3.63) is 81.7 Å². The van der Waals surface area contributed by atoms with Crippen molar-refractivity contribution in [2.24, 2.45) is 17.8 Å². The highest BCUT2D eigenvalue weighted by Crippen LogP contribution is 2.47. The minimum atomic E-state index is -4.00. The lowest BCUT2D eigenvalue weighted by Crippen LogP contribution is -2.48. The number of aromatic amines is 1. The molecule has 1 fully saturated rings. The van der Waals surface area contributed by atoms with E-state index in [1.165, 1.54) is 17.3 Å². The van der Waals surface area contributed by atoms with Gasteiger partial charge in [0.15, 0.2) is 0 Å². The fourth-order valence-electron chi connectivity index (χ4n) is 7.94. The molecule has 3 N–H and O–H groups in total. The first kappa shape index (κ1) is 32.2. The van der Waals surface area contributed by atoms with E-state index in [-0.39, 0.29) is 16.9 Å². The first-order valence-corrected chi connectivity index (χ1v) is 18.5. The van der Waals surface area contributed by atoms with Crippen molar-refractivity contribution in [3.8, 4) is 5.75 Å². The van der Waals surface area contributed by atoms with Gasteiger partial charge in [-0.05, 0) is 117 Å². The van der Waals surface area contributed by atoms with Crippen LogP contribution in [-0.2, 0) is 21.9 Å². The van der Waals surface area contributed by atoms with Crippen molar-refractivity contribution >= 4 is 33.2 Å². The lowest BCUT2D eigenvalue weighted by atomic mass is 9.68. The van der Waals surface area contributed by atoms with Crippen molar-refractivity contribution in [2.75, 3.05) is 24.6 Å². The van der Waals surface area contributed by atoms with Crippen LogP contribution in [0.3, 0.4) is 0 Å². The number of fused-ring (bicyclic) bond motifs is 4. The zero-order chi connectivity index (χ0) is 32.9. The Labute approximate surface area is 281 Å². The highest BCUT2D eigenvalue weighted by molar-refractivity contribution is 7.90. The molecule has 2 aliphatic heterocycles. The van der Waals surface area contributed by atoms with Crippen molar-refractivity contribution < 1.29 is 23.1 Å². The number of aryl methyl sites for hydroxylation is 1. The average molecular weight is 680 g/mol. The number of carbonyl (C=O) groups excluding carboxylic acids is 1. The van der Waals surface area contributed by atoms with Gasteiger partial charge in [0, 0.05) is 29.1 Å². The Balaban J connectivity index is 1.29. The van der Waals surface area contributed by atoms with Gasteiger partial charge in [0.2, 0.25) is 10.0 Å². The molecule has 12 heteroatoms. The maximum Gasteiger partial charge on any atom is 0.264 e. The van der Waals surface area contributed by atoms with E-state index in [0.717, 1.165) is 54.9 Å². The monoisotopic (exact) mass is 679 g/mol. The highest BCUT2D eigenvalue weighted by Gasteiger charge is 2.44. The molecule has 3 aromatic rings. The topological polar surface area (TPSA) is 138 Å². The normalized spacial score (nSPS) is 30.8. The summed E-state index contributed by atoms with van der Waals surface area (Å²) in [5.41, 5.74) is 4.56. The van der Waals surface area contributed by atoms with Crippen molar-refractivity contribution in [1.29, 1.82) is 0 Å². The number of nitrogens with one attached hydrogen (secondary N) is 2. The third-order valence-corrected chi connectivity index (χ3v) is 13.3. The lowest BCUT2D eigenvalue weighted by molar-refractivity contribution is 0.0981. The van der Waals surface area contributed by atoms with Crippen molar-refractivity contribution in [2.45, 2.75) is 75.6 Å². The predicted molar refractivity (Wildman–Crippen MR) is 180 cm³/mol. The van der Waals surface area contributed by atoms with Gasteiger partial charge in [0.05, 0.1) is 23.7 Å². The molecule has 6 atom stereocenters. The van der Waals surface area contributed by atoms with Gasteiger partial charge in [-0.3, -0.25) is 4.79 Å². The second-order valence-corrected chi connectivity index (χ2v) is 16.5. The number of benzene rings is 2. The zero-order valence-corrected chi connectivity index (χ0v) is 28.4. The van der Waals surface area contributed by atoms with Crippen LogP contribution in [0.25, 0.3) is 0 Å². The average Bonchev–Trinajstić information content (AvgIpc) is 3.54. The third-order valence-electron chi connectivity index (χ3n) is 11.2. The number of hydrogen-bond acceptors (Lipinski definition) is 8.